The van der Waals surface area contributed by atoms with Crippen LogP contribution in [0.25, 0.3) is 0 Å². The molecule has 3 heteroatoms. The molecule has 0 fully saturated rings. The molecule has 0 bridgehead atoms. The van der Waals surface area contributed by atoms with E-state index in [4.69, 9.17) is 4.74 Å². The molecule has 1 atom stereocenters. The van der Waals surface area contributed by atoms with Crippen molar-refractivity contribution in [1.82, 2.24) is 0 Å². The van der Waals surface area contributed by atoms with E-state index in [1.54, 1.807) is 31.2 Å². The number of carbonyl (C=O) groups excluding carboxylic acids is 1. The maximum atomic E-state index is 11.7. The van der Waals surface area contributed by atoms with Crippen LogP contribution < -0.4 is 0 Å². The van der Waals surface area contributed by atoms with E-state index < -0.39 is 5.60 Å². The number of aliphatic hydroxyl groups is 1. The van der Waals surface area contributed by atoms with Crippen LogP contribution in [0.3, 0.4) is 0 Å². The second-order valence-electron chi connectivity index (χ2n) is 3.56. The van der Waals surface area contributed by atoms with Gasteiger partial charge >= 0.3 is 0 Å². The average molecular weight is 204 g/mol. The standard InChI is InChI=1S/C12H12O3/c1-8-10(15-2)11(13)12(8,14)9-6-4-3-5-7-9/h3-7,14H,1-2H3. The lowest BCUT2D eigenvalue weighted by atomic mass is 9.73. The van der Waals surface area contributed by atoms with Gasteiger partial charge in [-0.2, -0.15) is 0 Å². The van der Waals surface area contributed by atoms with Gasteiger partial charge in [-0.15, -0.1) is 0 Å². The summed E-state index contributed by atoms with van der Waals surface area (Å²) in [6, 6.07) is 8.88. The fraction of sp³-hybridized carbons (Fsp3) is 0.250. The van der Waals surface area contributed by atoms with Crippen LogP contribution in [0.2, 0.25) is 0 Å². The number of hydrogen-bond donors (Lipinski definition) is 1. The van der Waals surface area contributed by atoms with Crippen LogP contribution in [-0.2, 0) is 15.1 Å². The number of hydrogen-bond acceptors (Lipinski definition) is 3. The predicted octanol–water partition coefficient (Wildman–Crippen LogP) is 1.38. The maximum Gasteiger partial charge on any atom is 0.237 e. The Morgan fingerprint density at radius 3 is 2.33 bits per heavy atom. The number of carbonyl (C=O) groups is 1. The Kier molecular flexibility index (Phi) is 2.12. The smallest absolute Gasteiger partial charge is 0.237 e. The number of ether oxygens (including phenoxy) is 1. The third kappa shape index (κ3) is 1.13. The molecule has 1 unspecified atom stereocenters. The van der Waals surface area contributed by atoms with Gasteiger partial charge in [0.15, 0.2) is 11.4 Å². The van der Waals surface area contributed by atoms with Crippen molar-refractivity contribution in [3.8, 4) is 0 Å². The zero-order valence-electron chi connectivity index (χ0n) is 8.65. The molecule has 78 valence electrons. The van der Waals surface area contributed by atoms with E-state index in [2.05, 4.69) is 0 Å². The summed E-state index contributed by atoms with van der Waals surface area (Å²) >= 11 is 0. The number of ketones is 1. The highest BCUT2D eigenvalue weighted by Crippen LogP contribution is 2.42. The van der Waals surface area contributed by atoms with Crippen LogP contribution in [0.15, 0.2) is 41.7 Å². The summed E-state index contributed by atoms with van der Waals surface area (Å²) in [5.41, 5.74) is -0.318. The largest absolute Gasteiger partial charge is 0.493 e. The van der Waals surface area contributed by atoms with Crippen LogP contribution in [-0.4, -0.2) is 18.0 Å². The molecule has 1 aliphatic carbocycles. The quantitative estimate of drug-likeness (QED) is 0.791. The molecule has 0 aromatic heterocycles. The Morgan fingerprint density at radius 2 is 1.87 bits per heavy atom. The minimum atomic E-state index is -1.48. The van der Waals surface area contributed by atoms with Crippen molar-refractivity contribution in [3.05, 3.63) is 47.2 Å². The minimum absolute atomic E-state index is 0.265. The maximum absolute atomic E-state index is 11.7. The molecule has 1 aromatic rings. The molecule has 0 amide bonds. The molecule has 1 N–H and O–H groups in total. The zero-order valence-corrected chi connectivity index (χ0v) is 8.65. The molecule has 0 radical (unpaired) electrons. The Balaban J connectivity index is 2.49. The van der Waals surface area contributed by atoms with Crippen molar-refractivity contribution in [2.45, 2.75) is 12.5 Å². The van der Waals surface area contributed by atoms with Crippen molar-refractivity contribution in [1.29, 1.82) is 0 Å². The van der Waals surface area contributed by atoms with Crippen molar-refractivity contribution >= 4 is 5.78 Å². The lowest BCUT2D eigenvalue weighted by molar-refractivity contribution is -0.140. The third-order valence-corrected chi connectivity index (χ3v) is 2.81. The van der Waals surface area contributed by atoms with Crippen LogP contribution in [0, 0.1) is 0 Å². The zero-order chi connectivity index (χ0) is 11.1. The third-order valence-electron chi connectivity index (χ3n) is 2.81. The lowest BCUT2D eigenvalue weighted by Crippen LogP contribution is -2.47. The lowest BCUT2D eigenvalue weighted by Gasteiger charge is -2.37. The molecule has 1 aliphatic rings. The second kappa shape index (κ2) is 3.21. The number of rotatable bonds is 2. The molecule has 2 rings (SSSR count). The van der Waals surface area contributed by atoms with Gasteiger partial charge in [0, 0.05) is 5.57 Å². The van der Waals surface area contributed by atoms with E-state index in [0.717, 1.165) is 0 Å². The summed E-state index contributed by atoms with van der Waals surface area (Å²) in [6.45, 7) is 1.70. The first-order valence-corrected chi connectivity index (χ1v) is 4.70. The normalized spacial score (nSPS) is 25.1. The topological polar surface area (TPSA) is 46.5 Å². The molecule has 0 aliphatic heterocycles. The van der Waals surface area contributed by atoms with Gasteiger partial charge in [-0.25, -0.2) is 0 Å². The molecule has 3 nitrogen and oxygen atoms in total. The van der Waals surface area contributed by atoms with Gasteiger partial charge in [0.25, 0.3) is 0 Å². The molecular weight excluding hydrogens is 192 g/mol. The van der Waals surface area contributed by atoms with Gasteiger partial charge in [0.1, 0.15) is 0 Å². The first-order chi connectivity index (χ1) is 7.12. The van der Waals surface area contributed by atoms with Gasteiger partial charge in [-0.05, 0) is 12.5 Å². The Labute approximate surface area is 88.0 Å². The van der Waals surface area contributed by atoms with Crippen LogP contribution in [0.1, 0.15) is 12.5 Å². The molecule has 15 heavy (non-hydrogen) atoms. The predicted molar refractivity (Wildman–Crippen MR) is 55.1 cm³/mol. The highest BCUT2D eigenvalue weighted by atomic mass is 16.5. The van der Waals surface area contributed by atoms with Gasteiger partial charge < -0.3 is 9.84 Å². The van der Waals surface area contributed by atoms with Crippen molar-refractivity contribution in [2.24, 2.45) is 0 Å². The van der Waals surface area contributed by atoms with Gasteiger partial charge in [0.2, 0.25) is 5.78 Å². The Hall–Kier alpha value is -1.61. The summed E-state index contributed by atoms with van der Waals surface area (Å²) in [7, 11) is 1.43. The molecule has 0 heterocycles. The fourth-order valence-corrected chi connectivity index (χ4v) is 1.88. The highest BCUT2D eigenvalue weighted by molar-refractivity contribution is 6.10. The molecular formula is C12H12O3. The number of Topliss-reactive ketones (excluding diaryl/α,β-unsaturated/α-hetero) is 1. The summed E-state index contributed by atoms with van der Waals surface area (Å²) in [4.78, 5) is 11.7. The van der Waals surface area contributed by atoms with Gasteiger partial charge in [0.05, 0.1) is 7.11 Å². The molecule has 0 saturated carbocycles. The van der Waals surface area contributed by atoms with Gasteiger partial charge in [-0.1, -0.05) is 30.3 Å². The van der Waals surface area contributed by atoms with E-state index in [9.17, 15) is 9.90 Å². The van der Waals surface area contributed by atoms with Crippen molar-refractivity contribution in [3.63, 3.8) is 0 Å². The van der Waals surface area contributed by atoms with E-state index in [-0.39, 0.29) is 11.5 Å². The van der Waals surface area contributed by atoms with Gasteiger partial charge in [-0.3, -0.25) is 4.79 Å². The molecule has 0 spiro atoms. The fourth-order valence-electron chi connectivity index (χ4n) is 1.88. The second-order valence-corrected chi connectivity index (χ2v) is 3.56. The van der Waals surface area contributed by atoms with Crippen LogP contribution in [0.5, 0.6) is 0 Å². The minimum Gasteiger partial charge on any atom is -0.493 e. The van der Waals surface area contributed by atoms with Crippen LogP contribution >= 0.6 is 0 Å². The number of benzene rings is 1. The van der Waals surface area contributed by atoms with Crippen molar-refractivity contribution in [2.75, 3.05) is 7.11 Å². The first kappa shape index (κ1) is 9.93. The summed E-state index contributed by atoms with van der Waals surface area (Å²) < 4.78 is 4.90. The summed E-state index contributed by atoms with van der Waals surface area (Å²) in [5, 5.41) is 10.2. The number of methoxy groups -OCH3 is 1. The summed E-state index contributed by atoms with van der Waals surface area (Å²) in [6.07, 6.45) is 0. The Bertz CT molecular complexity index is 433. The van der Waals surface area contributed by atoms with E-state index >= 15 is 0 Å². The molecule has 1 aromatic carbocycles. The van der Waals surface area contributed by atoms with Crippen molar-refractivity contribution < 1.29 is 14.6 Å². The van der Waals surface area contributed by atoms with E-state index in [0.29, 0.717) is 11.1 Å². The highest BCUT2D eigenvalue weighted by Gasteiger charge is 2.52. The molecule has 0 saturated heterocycles. The van der Waals surface area contributed by atoms with Crippen LogP contribution in [0.4, 0.5) is 0 Å². The SMILES string of the molecule is COC1=C(C)C(O)(c2ccccc2)C1=O. The average Bonchev–Trinajstić information content (AvgIpc) is 2.30. The summed E-state index contributed by atoms with van der Waals surface area (Å²) in [5.74, 6) is -0.102. The van der Waals surface area contributed by atoms with E-state index in [1.807, 2.05) is 6.07 Å². The van der Waals surface area contributed by atoms with E-state index in [1.165, 1.54) is 7.11 Å². The first-order valence-electron chi connectivity index (χ1n) is 4.70. The Morgan fingerprint density at radius 1 is 1.27 bits per heavy atom. The monoisotopic (exact) mass is 204 g/mol.